The van der Waals surface area contributed by atoms with Crippen molar-refractivity contribution in [1.29, 1.82) is 0 Å². The first-order valence-electron chi connectivity index (χ1n) is 9.97. The Morgan fingerprint density at radius 2 is 1.93 bits per heavy atom. The maximum absolute atomic E-state index is 5.71. The quantitative estimate of drug-likeness (QED) is 0.437. The summed E-state index contributed by atoms with van der Waals surface area (Å²) in [7, 11) is 0. The van der Waals surface area contributed by atoms with Gasteiger partial charge in [0.2, 0.25) is 0 Å². The van der Waals surface area contributed by atoms with Gasteiger partial charge in [0, 0.05) is 34.8 Å². The first-order chi connectivity index (χ1) is 14.3. The third-order valence-corrected chi connectivity index (χ3v) is 5.36. The number of fused-ring (bicyclic) bond motifs is 2. The Morgan fingerprint density at radius 3 is 2.86 bits per heavy atom. The highest BCUT2D eigenvalue weighted by Crippen LogP contribution is 2.34. The molecule has 3 N–H and O–H groups in total. The van der Waals surface area contributed by atoms with Crippen LogP contribution >= 0.6 is 0 Å². The van der Waals surface area contributed by atoms with E-state index < -0.39 is 0 Å². The van der Waals surface area contributed by atoms with Gasteiger partial charge in [0.15, 0.2) is 11.5 Å². The molecule has 0 spiro atoms. The molecule has 148 valence electrons. The van der Waals surface area contributed by atoms with Gasteiger partial charge in [-0.3, -0.25) is 5.10 Å². The van der Waals surface area contributed by atoms with Gasteiger partial charge in [-0.1, -0.05) is 12.1 Å². The molecule has 0 amide bonds. The van der Waals surface area contributed by atoms with Crippen molar-refractivity contribution in [2.24, 2.45) is 0 Å². The second-order valence-corrected chi connectivity index (χ2v) is 7.42. The maximum atomic E-state index is 5.71. The molecule has 6 heteroatoms. The summed E-state index contributed by atoms with van der Waals surface area (Å²) in [5.41, 5.74) is 7.02. The molecule has 0 aliphatic carbocycles. The fraction of sp³-hybridized carbons (Fsp3) is 0.261. The molecule has 1 aliphatic rings. The lowest BCUT2D eigenvalue weighted by atomic mass is 10.1. The number of rotatable bonds is 6. The van der Waals surface area contributed by atoms with Crippen LogP contribution in [0.25, 0.3) is 22.2 Å². The smallest absolute Gasteiger partial charge is 0.162 e. The number of nitrogens with zero attached hydrogens (tertiary/aromatic N) is 1. The third kappa shape index (κ3) is 3.59. The number of aromatic amines is 2. The van der Waals surface area contributed by atoms with E-state index in [1.54, 1.807) is 0 Å². The molecule has 0 saturated carbocycles. The fourth-order valence-electron chi connectivity index (χ4n) is 3.85. The molecule has 1 aliphatic heterocycles. The Labute approximate surface area is 169 Å². The summed E-state index contributed by atoms with van der Waals surface area (Å²) in [6.07, 6.45) is 4.97. The van der Waals surface area contributed by atoms with Crippen molar-refractivity contribution in [1.82, 2.24) is 20.5 Å². The van der Waals surface area contributed by atoms with Gasteiger partial charge in [0.1, 0.15) is 13.2 Å². The van der Waals surface area contributed by atoms with Gasteiger partial charge in [-0.25, -0.2) is 0 Å². The van der Waals surface area contributed by atoms with Gasteiger partial charge < -0.3 is 19.8 Å². The zero-order valence-corrected chi connectivity index (χ0v) is 16.4. The van der Waals surface area contributed by atoms with E-state index in [1.807, 2.05) is 24.4 Å². The van der Waals surface area contributed by atoms with Crippen LogP contribution in [-0.2, 0) is 13.0 Å². The third-order valence-electron chi connectivity index (χ3n) is 5.36. The van der Waals surface area contributed by atoms with Crippen LogP contribution < -0.4 is 14.8 Å². The second-order valence-electron chi connectivity index (χ2n) is 7.42. The zero-order chi connectivity index (χ0) is 19.6. The topological polar surface area (TPSA) is 75.0 Å². The number of hydrogen-bond donors (Lipinski definition) is 3. The molecule has 29 heavy (non-hydrogen) atoms. The molecule has 3 heterocycles. The number of aryl methyl sites for hydroxylation is 1. The number of nitrogens with one attached hydrogen (secondary N) is 3. The minimum absolute atomic E-state index is 0.585. The Hall–Kier alpha value is -3.25. The van der Waals surface area contributed by atoms with Crippen LogP contribution in [0.2, 0.25) is 0 Å². The summed E-state index contributed by atoms with van der Waals surface area (Å²) in [5.74, 6) is 1.59. The van der Waals surface area contributed by atoms with E-state index in [0.29, 0.717) is 13.2 Å². The maximum Gasteiger partial charge on any atom is 0.162 e. The van der Waals surface area contributed by atoms with E-state index in [0.717, 1.165) is 47.8 Å². The zero-order valence-electron chi connectivity index (χ0n) is 16.4. The Morgan fingerprint density at radius 1 is 1.03 bits per heavy atom. The lowest BCUT2D eigenvalue weighted by Crippen LogP contribution is -2.17. The molecule has 0 atom stereocenters. The number of aromatic nitrogens is 3. The summed E-state index contributed by atoms with van der Waals surface area (Å²) < 4.78 is 11.3. The van der Waals surface area contributed by atoms with Crippen LogP contribution in [0.1, 0.15) is 16.7 Å². The molecule has 2 aromatic carbocycles. The lowest BCUT2D eigenvalue weighted by Gasteiger charge is -2.18. The SMILES string of the molecule is Cc1ccc2c(CCNCc3cn[nH]c3-c3ccc4c(c3)OCCO4)c[nH]c2c1. The van der Waals surface area contributed by atoms with Gasteiger partial charge in [-0.15, -0.1) is 0 Å². The monoisotopic (exact) mass is 388 g/mol. The van der Waals surface area contributed by atoms with Crippen molar-refractivity contribution in [3.8, 4) is 22.8 Å². The number of benzene rings is 2. The van der Waals surface area contributed by atoms with E-state index in [4.69, 9.17) is 9.47 Å². The highest BCUT2D eigenvalue weighted by molar-refractivity contribution is 5.83. The van der Waals surface area contributed by atoms with Gasteiger partial charge in [0.25, 0.3) is 0 Å². The van der Waals surface area contributed by atoms with Crippen LogP contribution in [-0.4, -0.2) is 34.9 Å². The van der Waals surface area contributed by atoms with Crippen molar-refractivity contribution < 1.29 is 9.47 Å². The van der Waals surface area contributed by atoms with E-state index in [-0.39, 0.29) is 0 Å². The second kappa shape index (κ2) is 7.64. The van der Waals surface area contributed by atoms with Crippen LogP contribution in [0.3, 0.4) is 0 Å². The molecule has 0 saturated heterocycles. The number of H-pyrrole nitrogens is 2. The average molecular weight is 388 g/mol. The summed E-state index contributed by atoms with van der Waals surface area (Å²) >= 11 is 0. The van der Waals surface area contributed by atoms with E-state index in [9.17, 15) is 0 Å². The molecule has 0 unspecified atom stereocenters. The fourth-order valence-corrected chi connectivity index (χ4v) is 3.85. The summed E-state index contributed by atoms with van der Waals surface area (Å²) in [5, 5.41) is 12.2. The molecule has 6 nitrogen and oxygen atoms in total. The van der Waals surface area contributed by atoms with Crippen LogP contribution in [0, 0.1) is 6.92 Å². The number of hydrogen-bond acceptors (Lipinski definition) is 4. The molecule has 4 aromatic rings. The van der Waals surface area contributed by atoms with E-state index >= 15 is 0 Å². The minimum atomic E-state index is 0.585. The van der Waals surface area contributed by atoms with Crippen molar-refractivity contribution in [2.45, 2.75) is 19.9 Å². The van der Waals surface area contributed by atoms with Gasteiger partial charge in [-0.05, 0) is 55.3 Å². The Balaban J connectivity index is 1.24. The van der Waals surface area contributed by atoms with Crippen molar-refractivity contribution in [3.63, 3.8) is 0 Å². The first-order valence-corrected chi connectivity index (χ1v) is 9.97. The highest BCUT2D eigenvalue weighted by Gasteiger charge is 2.15. The van der Waals surface area contributed by atoms with Crippen molar-refractivity contribution in [3.05, 3.63) is 65.5 Å². The highest BCUT2D eigenvalue weighted by atomic mass is 16.6. The van der Waals surface area contributed by atoms with Gasteiger partial charge in [0.05, 0.1) is 11.9 Å². The van der Waals surface area contributed by atoms with Crippen LogP contribution in [0.15, 0.2) is 48.8 Å². The van der Waals surface area contributed by atoms with Crippen molar-refractivity contribution >= 4 is 10.9 Å². The minimum Gasteiger partial charge on any atom is -0.486 e. The summed E-state index contributed by atoms with van der Waals surface area (Å²) in [6.45, 7) is 4.95. The van der Waals surface area contributed by atoms with Crippen LogP contribution in [0.5, 0.6) is 11.5 Å². The average Bonchev–Trinajstić information content (AvgIpc) is 3.37. The summed E-state index contributed by atoms with van der Waals surface area (Å²) in [6, 6.07) is 12.6. The number of ether oxygens (including phenoxy) is 2. The molecule has 0 radical (unpaired) electrons. The van der Waals surface area contributed by atoms with E-state index in [2.05, 4.69) is 51.8 Å². The summed E-state index contributed by atoms with van der Waals surface area (Å²) in [4.78, 5) is 3.37. The van der Waals surface area contributed by atoms with Gasteiger partial charge >= 0.3 is 0 Å². The molecule has 5 rings (SSSR count). The molecular weight excluding hydrogens is 364 g/mol. The molecule has 2 aromatic heterocycles. The predicted molar refractivity (Wildman–Crippen MR) is 113 cm³/mol. The largest absolute Gasteiger partial charge is 0.486 e. The Bertz CT molecular complexity index is 1140. The predicted octanol–water partition coefficient (Wildman–Crippen LogP) is 3.97. The normalized spacial score (nSPS) is 13.1. The molecule has 0 fully saturated rings. The first kappa shape index (κ1) is 17.8. The molecule has 0 bridgehead atoms. The molecular formula is C23H24N4O2. The van der Waals surface area contributed by atoms with Crippen molar-refractivity contribution in [2.75, 3.05) is 19.8 Å². The van der Waals surface area contributed by atoms with Crippen LogP contribution in [0.4, 0.5) is 0 Å². The lowest BCUT2D eigenvalue weighted by molar-refractivity contribution is 0.171. The standard InChI is InChI=1S/C23H24N4O2/c1-15-2-4-19-17(13-25-20(19)10-15)6-7-24-12-18-14-26-27-23(18)16-3-5-21-22(11-16)29-9-8-28-21/h2-5,10-11,13-14,24-25H,6-9,12H2,1H3,(H,26,27). The van der Waals surface area contributed by atoms with E-state index in [1.165, 1.54) is 22.0 Å². The Kier molecular flexibility index (Phi) is 4.69. The van der Waals surface area contributed by atoms with Gasteiger partial charge in [-0.2, -0.15) is 5.10 Å².